The summed E-state index contributed by atoms with van der Waals surface area (Å²) in [4.78, 5) is 0.171. The highest BCUT2D eigenvalue weighted by atomic mass is 35.5. The lowest BCUT2D eigenvalue weighted by Crippen LogP contribution is -2.35. The predicted octanol–water partition coefficient (Wildman–Crippen LogP) is 2.28. The fourth-order valence-electron chi connectivity index (χ4n) is 3.11. The Morgan fingerprint density at radius 2 is 1.70 bits per heavy atom. The SMILES string of the molecule is Cc1ccc([C@@H]2[C@H](S(=O)(=O)c3ccc(Cl)cc3)[C@]2(N)CO)cc1. The van der Waals surface area contributed by atoms with Gasteiger partial charge in [0.2, 0.25) is 0 Å². The molecule has 1 aliphatic rings. The summed E-state index contributed by atoms with van der Waals surface area (Å²) in [7, 11) is -3.65. The maximum Gasteiger partial charge on any atom is 0.183 e. The lowest BCUT2D eigenvalue weighted by Gasteiger charge is -2.08. The van der Waals surface area contributed by atoms with E-state index in [1.807, 2.05) is 31.2 Å². The normalized spacial score (nSPS) is 27.0. The highest BCUT2D eigenvalue weighted by molar-refractivity contribution is 7.92. The average Bonchev–Trinajstić information content (AvgIpc) is 3.16. The number of hydrogen-bond acceptors (Lipinski definition) is 4. The fourth-order valence-corrected chi connectivity index (χ4v) is 5.53. The van der Waals surface area contributed by atoms with Crippen LogP contribution in [0.15, 0.2) is 53.4 Å². The number of sulfone groups is 1. The van der Waals surface area contributed by atoms with E-state index in [9.17, 15) is 13.5 Å². The number of benzene rings is 2. The first-order chi connectivity index (χ1) is 10.8. The molecule has 1 saturated carbocycles. The topological polar surface area (TPSA) is 80.4 Å². The van der Waals surface area contributed by atoms with Crippen molar-refractivity contribution in [2.75, 3.05) is 6.61 Å². The molecule has 0 saturated heterocycles. The van der Waals surface area contributed by atoms with E-state index < -0.39 is 26.5 Å². The van der Waals surface area contributed by atoms with Crippen LogP contribution >= 0.6 is 11.6 Å². The van der Waals surface area contributed by atoms with Crippen molar-refractivity contribution in [2.24, 2.45) is 5.73 Å². The molecule has 3 atom stereocenters. The Kier molecular flexibility index (Phi) is 4.01. The van der Waals surface area contributed by atoms with Crippen molar-refractivity contribution in [3.05, 3.63) is 64.7 Å². The molecule has 0 aromatic heterocycles. The van der Waals surface area contributed by atoms with Crippen LogP contribution in [-0.2, 0) is 9.84 Å². The quantitative estimate of drug-likeness (QED) is 0.885. The standard InChI is InChI=1S/C17H18ClNO3S/c1-11-2-4-12(5-3-11)15-16(17(15,19)10-20)23(21,22)14-8-6-13(18)7-9-14/h2-9,15-16,20H,10,19H2,1H3/t15-,16+,17+/m1/s1. The summed E-state index contributed by atoms with van der Waals surface area (Å²) < 4.78 is 25.8. The zero-order valence-electron chi connectivity index (χ0n) is 12.6. The zero-order valence-corrected chi connectivity index (χ0v) is 14.2. The number of aryl methyl sites for hydroxylation is 1. The average molecular weight is 352 g/mol. The molecule has 6 heteroatoms. The van der Waals surface area contributed by atoms with Crippen LogP contribution in [0.3, 0.4) is 0 Å². The van der Waals surface area contributed by atoms with E-state index in [0.29, 0.717) is 5.02 Å². The van der Waals surface area contributed by atoms with Crippen molar-refractivity contribution in [2.45, 2.75) is 28.5 Å². The van der Waals surface area contributed by atoms with Gasteiger partial charge in [-0.25, -0.2) is 8.42 Å². The smallest absolute Gasteiger partial charge is 0.183 e. The van der Waals surface area contributed by atoms with Gasteiger partial charge in [0.25, 0.3) is 0 Å². The van der Waals surface area contributed by atoms with E-state index in [-0.39, 0.29) is 11.5 Å². The molecule has 0 unspecified atom stereocenters. The van der Waals surface area contributed by atoms with Crippen LogP contribution < -0.4 is 5.73 Å². The van der Waals surface area contributed by atoms with E-state index in [0.717, 1.165) is 11.1 Å². The molecule has 0 heterocycles. The minimum absolute atomic E-state index is 0.171. The zero-order chi connectivity index (χ0) is 16.8. The summed E-state index contributed by atoms with van der Waals surface area (Å²) in [5.41, 5.74) is 6.95. The molecule has 0 aliphatic heterocycles. The van der Waals surface area contributed by atoms with E-state index >= 15 is 0 Å². The molecule has 3 rings (SSSR count). The molecule has 122 valence electrons. The molecular formula is C17H18ClNO3S. The maximum atomic E-state index is 12.9. The summed E-state index contributed by atoms with van der Waals surface area (Å²) in [5, 5.41) is 9.29. The molecule has 23 heavy (non-hydrogen) atoms. The Morgan fingerprint density at radius 3 is 2.22 bits per heavy atom. The van der Waals surface area contributed by atoms with Crippen LogP contribution in [0.4, 0.5) is 0 Å². The van der Waals surface area contributed by atoms with Crippen molar-refractivity contribution >= 4 is 21.4 Å². The monoisotopic (exact) mass is 351 g/mol. The minimum atomic E-state index is -3.65. The number of nitrogens with two attached hydrogens (primary N) is 1. The van der Waals surface area contributed by atoms with Gasteiger partial charge < -0.3 is 10.8 Å². The third-order valence-corrected chi connectivity index (χ3v) is 7.05. The number of aliphatic hydroxyl groups is 1. The molecule has 0 amide bonds. The molecule has 0 spiro atoms. The molecule has 1 fully saturated rings. The Labute approximate surface area is 140 Å². The molecular weight excluding hydrogens is 334 g/mol. The van der Waals surface area contributed by atoms with Gasteiger partial charge >= 0.3 is 0 Å². The molecule has 0 bridgehead atoms. The predicted molar refractivity (Wildman–Crippen MR) is 90.4 cm³/mol. The first kappa shape index (κ1) is 16.5. The van der Waals surface area contributed by atoms with Crippen LogP contribution in [0.1, 0.15) is 17.0 Å². The largest absolute Gasteiger partial charge is 0.394 e. The second-order valence-electron chi connectivity index (χ2n) is 6.08. The second-order valence-corrected chi connectivity index (χ2v) is 8.58. The van der Waals surface area contributed by atoms with Crippen LogP contribution in [0.5, 0.6) is 0 Å². The van der Waals surface area contributed by atoms with Crippen molar-refractivity contribution < 1.29 is 13.5 Å². The maximum absolute atomic E-state index is 12.9. The molecule has 2 aromatic rings. The lowest BCUT2D eigenvalue weighted by molar-refractivity contribution is 0.253. The van der Waals surface area contributed by atoms with Gasteiger partial charge in [-0.2, -0.15) is 0 Å². The van der Waals surface area contributed by atoms with E-state index in [1.54, 1.807) is 0 Å². The Balaban J connectivity index is 2.01. The summed E-state index contributed by atoms with van der Waals surface area (Å²) in [6, 6.07) is 13.6. The van der Waals surface area contributed by atoms with E-state index in [2.05, 4.69) is 0 Å². The minimum Gasteiger partial charge on any atom is -0.394 e. The number of halogens is 1. The highest BCUT2D eigenvalue weighted by Gasteiger charge is 2.69. The van der Waals surface area contributed by atoms with Gasteiger partial charge in [-0.05, 0) is 36.8 Å². The molecule has 1 aliphatic carbocycles. The Morgan fingerprint density at radius 1 is 1.13 bits per heavy atom. The van der Waals surface area contributed by atoms with E-state index in [4.69, 9.17) is 17.3 Å². The van der Waals surface area contributed by atoms with Gasteiger partial charge in [-0.1, -0.05) is 41.4 Å². The van der Waals surface area contributed by atoms with Crippen molar-refractivity contribution in [1.82, 2.24) is 0 Å². The van der Waals surface area contributed by atoms with E-state index in [1.165, 1.54) is 24.3 Å². The summed E-state index contributed by atoms with van der Waals surface area (Å²) >= 11 is 5.82. The molecule has 3 N–H and O–H groups in total. The van der Waals surface area contributed by atoms with Gasteiger partial charge in [0.05, 0.1) is 22.3 Å². The lowest BCUT2D eigenvalue weighted by atomic mass is 10.1. The molecule has 2 aromatic carbocycles. The van der Waals surface area contributed by atoms with Gasteiger partial charge in [-0.3, -0.25) is 0 Å². The fraction of sp³-hybridized carbons (Fsp3) is 0.294. The third kappa shape index (κ3) is 2.68. The van der Waals surface area contributed by atoms with Crippen molar-refractivity contribution in [3.63, 3.8) is 0 Å². The third-order valence-electron chi connectivity index (χ3n) is 4.49. The Bertz CT molecular complexity index is 818. The van der Waals surface area contributed by atoms with Crippen LogP contribution in [-0.4, -0.2) is 30.9 Å². The van der Waals surface area contributed by atoms with Crippen molar-refractivity contribution in [3.8, 4) is 0 Å². The van der Waals surface area contributed by atoms with Gasteiger partial charge in [-0.15, -0.1) is 0 Å². The number of rotatable bonds is 4. The second kappa shape index (κ2) is 5.60. The van der Waals surface area contributed by atoms with Crippen molar-refractivity contribution in [1.29, 1.82) is 0 Å². The first-order valence-corrected chi connectivity index (χ1v) is 9.19. The number of aliphatic hydroxyl groups excluding tert-OH is 1. The van der Waals surface area contributed by atoms with Gasteiger partial charge in [0.15, 0.2) is 9.84 Å². The van der Waals surface area contributed by atoms with Crippen LogP contribution in [0.2, 0.25) is 5.02 Å². The molecule has 4 nitrogen and oxygen atoms in total. The highest BCUT2D eigenvalue weighted by Crippen LogP contribution is 2.55. The van der Waals surface area contributed by atoms with Gasteiger partial charge in [0.1, 0.15) is 0 Å². The van der Waals surface area contributed by atoms with Crippen LogP contribution in [0, 0.1) is 6.92 Å². The number of hydrogen-bond donors (Lipinski definition) is 2. The van der Waals surface area contributed by atoms with Gasteiger partial charge in [0, 0.05) is 10.9 Å². The summed E-state index contributed by atoms with van der Waals surface area (Å²) in [6.45, 7) is 1.57. The van der Waals surface area contributed by atoms with Crippen LogP contribution in [0.25, 0.3) is 0 Å². The first-order valence-electron chi connectivity index (χ1n) is 7.26. The summed E-state index contributed by atoms with van der Waals surface area (Å²) in [5.74, 6) is -0.422. The Hall–Kier alpha value is -1.40. The molecule has 0 radical (unpaired) electrons. The summed E-state index contributed by atoms with van der Waals surface area (Å²) in [6.07, 6.45) is 0.